The van der Waals surface area contributed by atoms with Gasteiger partial charge in [0.05, 0.1) is 6.04 Å². The first-order valence-corrected chi connectivity index (χ1v) is 6.35. The van der Waals surface area contributed by atoms with Crippen molar-refractivity contribution >= 4 is 0 Å². The fourth-order valence-corrected chi connectivity index (χ4v) is 2.24. The van der Waals surface area contributed by atoms with E-state index in [9.17, 15) is 8.78 Å². The van der Waals surface area contributed by atoms with Crippen LogP contribution in [0.4, 0.5) is 8.78 Å². The summed E-state index contributed by atoms with van der Waals surface area (Å²) in [7, 11) is 0. The van der Waals surface area contributed by atoms with Crippen molar-refractivity contribution in [3.05, 3.63) is 64.5 Å². The second-order valence-corrected chi connectivity index (χ2v) is 4.79. The topological polar surface area (TPSA) is 50.9 Å². The molecule has 0 aliphatic heterocycles. The van der Waals surface area contributed by atoms with Crippen LogP contribution in [0.3, 0.4) is 0 Å². The first-order valence-electron chi connectivity index (χ1n) is 6.35. The zero-order valence-corrected chi connectivity index (χ0v) is 11.5. The highest BCUT2D eigenvalue weighted by atomic mass is 19.1. The van der Waals surface area contributed by atoms with Gasteiger partial charge in [-0.2, -0.15) is 0 Å². The quantitative estimate of drug-likeness (QED) is 0.667. The zero-order chi connectivity index (χ0) is 14.7. The molecule has 5 heteroatoms. The maximum absolute atomic E-state index is 13.7. The fraction of sp³-hybridized carbons (Fsp3) is 0.267. The largest absolute Gasteiger partial charge is 0.271 e. The molecular formula is C15H17F2N3. The molecule has 0 fully saturated rings. The van der Waals surface area contributed by atoms with Crippen molar-refractivity contribution in [1.29, 1.82) is 0 Å². The lowest BCUT2D eigenvalue weighted by Crippen LogP contribution is -2.30. The first kappa shape index (κ1) is 14.6. The number of nitrogens with zero attached hydrogens (tertiary/aromatic N) is 1. The van der Waals surface area contributed by atoms with Gasteiger partial charge in [0.1, 0.15) is 11.6 Å². The third kappa shape index (κ3) is 3.18. The van der Waals surface area contributed by atoms with E-state index in [4.69, 9.17) is 5.84 Å². The summed E-state index contributed by atoms with van der Waals surface area (Å²) in [5.41, 5.74) is 5.53. The van der Waals surface area contributed by atoms with Crippen molar-refractivity contribution in [2.75, 3.05) is 0 Å². The number of hydrazine groups is 1. The van der Waals surface area contributed by atoms with E-state index in [0.717, 1.165) is 29.1 Å². The molecule has 2 aromatic rings. The minimum Gasteiger partial charge on any atom is -0.271 e. The Labute approximate surface area is 116 Å². The monoisotopic (exact) mass is 277 g/mol. The van der Waals surface area contributed by atoms with Gasteiger partial charge in [0.25, 0.3) is 0 Å². The number of halogens is 2. The third-order valence-electron chi connectivity index (χ3n) is 3.27. The predicted molar refractivity (Wildman–Crippen MR) is 73.8 cm³/mol. The van der Waals surface area contributed by atoms with Gasteiger partial charge in [0.2, 0.25) is 0 Å². The molecule has 0 saturated carbocycles. The number of hydrogen-bond donors (Lipinski definition) is 2. The molecule has 2 rings (SSSR count). The minimum atomic E-state index is -0.462. The van der Waals surface area contributed by atoms with Gasteiger partial charge in [-0.05, 0) is 55.7 Å². The molecule has 20 heavy (non-hydrogen) atoms. The van der Waals surface area contributed by atoms with E-state index < -0.39 is 11.6 Å². The molecule has 0 aliphatic carbocycles. The van der Waals surface area contributed by atoms with Crippen LogP contribution in [0.15, 0.2) is 30.3 Å². The Morgan fingerprint density at radius 1 is 1.20 bits per heavy atom. The van der Waals surface area contributed by atoms with Crippen molar-refractivity contribution in [3.8, 4) is 0 Å². The van der Waals surface area contributed by atoms with Gasteiger partial charge < -0.3 is 0 Å². The van der Waals surface area contributed by atoms with Crippen LogP contribution in [-0.2, 0) is 6.42 Å². The van der Waals surface area contributed by atoms with E-state index in [1.807, 2.05) is 26.0 Å². The summed E-state index contributed by atoms with van der Waals surface area (Å²) in [6.45, 7) is 3.77. The van der Waals surface area contributed by atoms with Crippen molar-refractivity contribution in [2.45, 2.75) is 26.3 Å². The minimum absolute atomic E-state index is 0.256. The first-order chi connectivity index (χ1) is 9.51. The van der Waals surface area contributed by atoms with Gasteiger partial charge in [-0.1, -0.05) is 6.07 Å². The van der Waals surface area contributed by atoms with E-state index in [0.29, 0.717) is 0 Å². The van der Waals surface area contributed by atoms with Crippen molar-refractivity contribution < 1.29 is 8.78 Å². The van der Waals surface area contributed by atoms with Crippen LogP contribution < -0.4 is 11.3 Å². The second-order valence-electron chi connectivity index (χ2n) is 4.79. The molecule has 1 unspecified atom stereocenters. The highest BCUT2D eigenvalue weighted by Crippen LogP contribution is 2.22. The van der Waals surface area contributed by atoms with Crippen molar-refractivity contribution in [3.63, 3.8) is 0 Å². The second kappa shape index (κ2) is 6.07. The van der Waals surface area contributed by atoms with Gasteiger partial charge in [-0.15, -0.1) is 0 Å². The number of nitrogens with two attached hydrogens (primary N) is 1. The molecule has 1 aromatic heterocycles. The lowest BCUT2D eigenvalue weighted by molar-refractivity contribution is 0.519. The summed E-state index contributed by atoms with van der Waals surface area (Å²) in [6, 6.07) is 6.87. The molecule has 0 saturated heterocycles. The highest BCUT2D eigenvalue weighted by Gasteiger charge is 2.16. The Bertz CT molecular complexity index is 614. The summed E-state index contributed by atoms with van der Waals surface area (Å²) in [4.78, 5) is 4.36. The Morgan fingerprint density at radius 3 is 2.60 bits per heavy atom. The molecule has 3 N–H and O–H groups in total. The molecule has 106 valence electrons. The molecule has 0 radical (unpaired) electrons. The molecule has 1 atom stereocenters. The molecule has 3 nitrogen and oxygen atoms in total. The van der Waals surface area contributed by atoms with Crippen molar-refractivity contribution in [2.24, 2.45) is 5.84 Å². The summed E-state index contributed by atoms with van der Waals surface area (Å²) in [5.74, 6) is 4.65. The molecule has 0 aliphatic rings. The van der Waals surface area contributed by atoms with E-state index >= 15 is 0 Å². The third-order valence-corrected chi connectivity index (χ3v) is 3.27. The van der Waals surface area contributed by atoms with Crippen LogP contribution in [0.2, 0.25) is 0 Å². The number of aryl methyl sites for hydroxylation is 2. The Hall–Kier alpha value is -1.85. The Balaban J connectivity index is 2.31. The molecule has 1 aromatic carbocycles. The number of benzene rings is 1. The lowest BCUT2D eigenvalue weighted by atomic mass is 9.97. The van der Waals surface area contributed by atoms with Gasteiger partial charge in [0.15, 0.2) is 0 Å². The summed E-state index contributed by atoms with van der Waals surface area (Å²) < 4.78 is 26.9. The zero-order valence-electron chi connectivity index (χ0n) is 11.5. The molecule has 0 bridgehead atoms. The number of rotatable bonds is 4. The van der Waals surface area contributed by atoms with Crippen molar-refractivity contribution in [1.82, 2.24) is 10.4 Å². The summed E-state index contributed by atoms with van der Waals surface area (Å²) in [6.07, 6.45) is 0.256. The SMILES string of the molecule is Cc1ccc(C(Cc2cc(F)ccc2F)NN)c(C)n1. The smallest absolute Gasteiger partial charge is 0.126 e. The predicted octanol–water partition coefficient (Wildman–Crippen LogP) is 2.72. The fourth-order valence-electron chi connectivity index (χ4n) is 2.24. The molecule has 0 amide bonds. The van der Waals surface area contributed by atoms with E-state index in [1.54, 1.807) is 0 Å². The normalized spacial score (nSPS) is 12.4. The molecular weight excluding hydrogens is 260 g/mol. The number of aromatic nitrogens is 1. The van der Waals surface area contributed by atoms with E-state index in [1.165, 1.54) is 6.07 Å². The summed E-state index contributed by atoms with van der Waals surface area (Å²) >= 11 is 0. The van der Waals surface area contributed by atoms with Gasteiger partial charge in [0, 0.05) is 11.4 Å². The number of nitrogens with one attached hydrogen (secondary N) is 1. The average Bonchev–Trinajstić information content (AvgIpc) is 2.40. The van der Waals surface area contributed by atoms with Crippen LogP contribution in [0.5, 0.6) is 0 Å². The van der Waals surface area contributed by atoms with Gasteiger partial charge in [-0.25, -0.2) is 8.78 Å². The molecule has 1 heterocycles. The maximum Gasteiger partial charge on any atom is 0.126 e. The average molecular weight is 277 g/mol. The van der Waals surface area contributed by atoms with Crippen LogP contribution in [-0.4, -0.2) is 4.98 Å². The lowest BCUT2D eigenvalue weighted by Gasteiger charge is -2.19. The Kier molecular flexibility index (Phi) is 4.42. The van der Waals surface area contributed by atoms with E-state index in [-0.39, 0.29) is 18.0 Å². The summed E-state index contributed by atoms with van der Waals surface area (Å²) in [5, 5.41) is 0. The van der Waals surface area contributed by atoms with Gasteiger partial charge in [-0.3, -0.25) is 16.3 Å². The molecule has 0 spiro atoms. The van der Waals surface area contributed by atoms with Crippen LogP contribution in [0.25, 0.3) is 0 Å². The number of pyridine rings is 1. The van der Waals surface area contributed by atoms with Crippen LogP contribution >= 0.6 is 0 Å². The number of hydrogen-bond acceptors (Lipinski definition) is 3. The van der Waals surface area contributed by atoms with Crippen LogP contribution in [0.1, 0.15) is 28.6 Å². The maximum atomic E-state index is 13.7. The highest BCUT2D eigenvalue weighted by molar-refractivity contribution is 5.28. The standard InChI is InChI=1S/C15H17F2N3/c1-9-3-5-13(10(2)19-9)15(20-18)8-11-7-12(16)4-6-14(11)17/h3-7,15,20H,8,18H2,1-2H3. The Morgan fingerprint density at radius 2 is 1.95 bits per heavy atom. The van der Waals surface area contributed by atoms with Crippen LogP contribution in [0, 0.1) is 25.5 Å². The van der Waals surface area contributed by atoms with Gasteiger partial charge >= 0.3 is 0 Å². The van der Waals surface area contributed by atoms with E-state index in [2.05, 4.69) is 10.4 Å².